The van der Waals surface area contributed by atoms with Crippen LogP contribution in [0.2, 0.25) is 0 Å². The Morgan fingerprint density at radius 2 is 2.11 bits per heavy atom. The van der Waals surface area contributed by atoms with Gasteiger partial charge in [0.25, 0.3) is 0 Å². The Bertz CT molecular complexity index is 404. The van der Waals surface area contributed by atoms with E-state index in [4.69, 9.17) is 10.6 Å². The second kappa shape index (κ2) is 4.70. The quantitative estimate of drug-likeness (QED) is 0.606. The van der Waals surface area contributed by atoms with Gasteiger partial charge in [0.05, 0.1) is 12.2 Å². The van der Waals surface area contributed by atoms with Crippen molar-refractivity contribution in [3.63, 3.8) is 0 Å². The Balaban J connectivity index is 1.86. The van der Waals surface area contributed by atoms with Gasteiger partial charge in [-0.25, -0.2) is 15.8 Å². The highest BCUT2D eigenvalue weighted by Gasteiger charge is 2.34. The van der Waals surface area contributed by atoms with Crippen LogP contribution in [0.3, 0.4) is 0 Å². The monoisotopic (exact) mass is 249 g/mol. The molecule has 0 spiro atoms. The molecule has 98 valence electrons. The van der Waals surface area contributed by atoms with Crippen molar-refractivity contribution in [2.75, 3.05) is 23.4 Å². The fraction of sp³-hybridized carbons (Fsp3) is 0.667. The molecular formula is C12H19N5O. The van der Waals surface area contributed by atoms with Crippen molar-refractivity contribution in [1.29, 1.82) is 0 Å². The van der Waals surface area contributed by atoms with Crippen molar-refractivity contribution in [1.82, 2.24) is 9.97 Å². The van der Waals surface area contributed by atoms with Gasteiger partial charge in [0.1, 0.15) is 17.5 Å². The van der Waals surface area contributed by atoms with E-state index in [1.807, 2.05) is 13.0 Å². The zero-order valence-corrected chi connectivity index (χ0v) is 10.6. The number of aromatic nitrogens is 2. The number of aryl methyl sites for hydroxylation is 1. The number of nitrogen functional groups attached to an aromatic ring is 1. The maximum atomic E-state index is 5.84. The Morgan fingerprint density at radius 1 is 1.39 bits per heavy atom. The Labute approximate surface area is 107 Å². The van der Waals surface area contributed by atoms with Gasteiger partial charge in [0.2, 0.25) is 0 Å². The summed E-state index contributed by atoms with van der Waals surface area (Å²) in [4.78, 5) is 11.2. The lowest BCUT2D eigenvalue weighted by Gasteiger charge is -2.33. The first-order valence-electron chi connectivity index (χ1n) is 6.53. The molecular weight excluding hydrogens is 230 g/mol. The van der Waals surface area contributed by atoms with E-state index < -0.39 is 0 Å². The van der Waals surface area contributed by atoms with Gasteiger partial charge in [-0.3, -0.25) is 0 Å². The lowest BCUT2D eigenvalue weighted by molar-refractivity contribution is 0.0302. The van der Waals surface area contributed by atoms with E-state index in [1.54, 1.807) is 0 Å². The molecule has 2 saturated heterocycles. The van der Waals surface area contributed by atoms with Crippen LogP contribution in [0.4, 0.5) is 11.6 Å². The van der Waals surface area contributed by atoms with Crippen LogP contribution in [0.5, 0.6) is 0 Å². The summed E-state index contributed by atoms with van der Waals surface area (Å²) in [5.41, 5.74) is 2.61. The molecule has 0 aromatic carbocycles. The van der Waals surface area contributed by atoms with Gasteiger partial charge >= 0.3 is 0 Å². The van der Waals surface area contributed by atoms with Gasteiger partial charge in [-0.15, -0.1) is 0 Å². The lowest BCUT2D eigenvalue weighted by Crippen LogP contribution is -2.43. The average molecular weight is 249 g/mol. The van der Waals surface area contributed by atoms with Crippen molar-refractivity contribution in [2.24, 2.45) is 5.84 Å². The Morgan fingerprint density at radius 3 is 2.72 bits per heavy atom. The minimum absolute atomic E-state index is 0.359. The fourth-order valence-corrected chi connectivity index (χ4v) is 2.68. The number of anilines is 2. The minimum Gasteiger partial charge on any atom is -0.371 e. The predicted molar refractivity (Wildman–Crippen MR) is 69.3 cm³/mol. The largest absolute Gasteiger partial charge is 0.371 e. The van der Waals surface area contributed by atoms with Gasteiger partial charge in [-0.2, -0.15) is 0 Å². The number of ether oxygens (including phenoxy) is 1. The Hall–Kier alpha value is -1.40. The number of hydrogen-bond acceptors (Lipinski definition) is 6. The first-order valence-corrected chi connectivity index (χ1v) is 6.53. The summed E-state index contributed by atoms with van der Waals surface area (Å²) < 4.78 is 5.84. The predicted octanol–water partition coefficient (Wildman–Crippen LogP) is 0.692. The zero-order chi connectivity index (χ0) is 12.5. The van der Waals surface area contributed by atoms with Crippen molar-refractivity contribution in [3.05, 3.63) is 11.9 Å². The number of nitrogens with one attached hydrogen (secondary N) is 1. The number of fused-ring (bicyclic) bond motifs is 2. The summed E-state index contributed by atoms with van der Waals surface area (Å²) in [6.45, 7) is 3.88. The van der Waals surface area contributed by atoms with Gasteiger partial charge in [0, 0.05) is 25.6 Å². The van der Waals surface area contributed by atoms with Crippen LogP contribution in [0.25, 0.3) is 0 Å². The number of hydrazine groups is 1. The van der Waals surface area contributed by atoms with E-state index in [-0.39, 0.29) is 0 Å². The van der Waals surface area contributed by atoms with E-state index in [0.29, 0.717) is 18.0 Å². The van der Waals surface area contributed by atoms with Crippen molar-refractivity contribution >= 4 is 11.6 Å². The first-order chi connectivity index (χ1) is 8.78. The van der Waals surface area contributed by atoms with Crippen LogP contribution in [0, 0.1) is 0 Å². The summed E-state index contributed by atoms with van der Waals surface area (Å²) in [5.74, 6) is 7.90. The summed E-state index contributed by atoms with van der Waals surface area (Å²) in [6.07, 6.45) is 3.85. The van der Waals surface area contributed by atoms with E-state index in [1.165, 1.54) is 0 Å². The third kappa shape index (κ3) is 2.13. The number of rotatable bonds is 3. The van der Waals surface area contributed by atoms with Crippen LogP contribution in [-0.4, -0.2) is 35.3 Å². The Kier molecular flexibility index (Phi) is 3.05. The third-order valence-electron chi connectivity index (χ3n) is 3.59. The highest BCUT2D eigenvalue weighted by atomic mass is 16.5. The van der Waals surface area contributed by atoms with Crippen molar-refractivity contribution in [3.8, 4) is 0 Å². The van der Waals surface area contributed by atoms with Gasteiger partial charge in [0.15, 0.2) is 0 Å². The number of nitrogens with two attached hydrogens (primary N) is 1. The van der Waals surface area contributed by atoms with E-state index >= 15 is 0 Å². The van der Waals surface area contributed by atoms with Crippen LogP contribution >= 0.6 is 0 Å². The molecule has 3 heterocycles. The highest BCUT2D eigenvalue weighted by Crippen LogP contribution is 2.29. The lowest BCUT2D eigenvalue weighted by atomic mass is 10.2. The number of nitrogens with zero attached hydrogens (tertiary/aromatic N) is 3. The summed E-state index contributed by atoms with van der Waals surface area (Å²) in [6, 6.07) is 1.91. The molecule has 3 N–H and O–H groups in total. The molecule has 3 rings (SSSR count). The molecule has 2 unspecified atom stereocenters. The van der Waals surface area contributed by atoms with Gasteiger partial charge in [-0.05, 0) is 12.8 Å². The molecule has 1 aromatic rings. The first kappa shape index (κ1) is 11.7. The van der Waals surface area contributed by atoms with Gasteiger partial charge in [-0.1, -0.05) is 6.92 Å². The molecule has 6 nitrogen and oxygen atoms in total. The normalized spacial score (nSPS) is 26.4. The maximum absolute atomic E-state index is 5.84. The molecule has 0 radical (unpaired) electrons. The molecule has 0 saturated carbocycles. The smallest absolute Gasteiger partial charge is 0.145 e. The number of hydrogen-bond donors (Lipinski definition) is 2. The van der Waals surface area contributed by atoms with Crippen LogP contribution in [0.1, 0.15) is 25.6 Å². The van der Waals surface area contributed by atoms with Crippen molar-refractivity contribution < 1.29 is 4.74 Å². The highest BCUT2D eigenvalue weighted by molar-refractivity contribution is 5.49. The number of morpholine rings is 1. The fourth-order valence-electron chi connectivity index (χ4n) is 2.68. The summed E-state index contributed by atoms with van der Waals surface area (Å²) in [5, 5.41) is 0. The molecule has 1 aromatic heterocycles. The van der Waals surface area contributed by atoms with E-state index in [9.17, 15) is 0 Å². The molecule has 6 heteroatoms. The molecule has 2 bridgehead atoms. The molecule has 0 aliphatic carbocycles. The van der Waals surface area contributed by atoms with Gasteiger partial charge < -0.3 is 15.1 Å². The second-order valence-corrected chi connectivity index (χ2v) is 4.89. The minimum atomic E-state index is 0.359. The van der Waals surface area contributed by atoms with Crippen molar-refractivity contribution in [2.45, 2.75) is 38.4 Å². The summed E-state index contributed by atoms with van der Waals surface area (Å²) in [7, 11) is 0. The zero-order valence-electron chi connectivity index (χ0n) is 10.6. The molecule has 0 amide bonds. The maximum Gasteiger partial charge on any atom is 0.145 e. The van der Waals surface area contributed by atoms with Crippen LogP contribution < -0.4 is 16.2 Å². The van der Waals surface area contributed by atoms with Crippen LogP contribution in [0.15, 0.2) is 6.07 Å². The molecule has 2 atom stereocenters. The molecule has 2 aliphatic heterocycles. The summed E-state index contributed by atoms with van der Waals surface area (Å²) >= 11 is 0. The molecule has 2 aliphatic rings. The second-order valence-electron chi connectivity index (χ2n) is 4.89. The molecule has 2 fully saturated rings. The topological polar surface area (TPSA) is 76.3 Å². The van der Waals surface area contributed by atoms with E-state index in [0.717, 1.165) is 44.0 Å². The van der Waals surface area contributed by atoms with Crippen LogP contribution in [-0.2, 0) is 11.2 Å². The van der Waals surface area contributed by atoms with E-state index in [2.05, 4.69) is 20.3 Å². The molecule has 18 heavy (non-hydrogen) atoms. The average Bonchev–Trinajstić information content (AvgIpc) is 2.76. The SMILES string of the molecule is CCc1nc(NN)cc(N2CC3CCC(C2)O3)n1. The third-order valence-corrected chi connectivity index (χ3v) is 3.59. The standard InChI is InChI=1S/C12H19N5O/c1-2-10-14-11(16-13)5-12(15-10)17-6-8-3-4-9(7-17)18-8/h5,8-9H,2-4,6-7,13H2,1H3,(H,14,15,16).